The molecule has 61 heavy (non-hydrogen) atoms. The molecule has 2 heterocycles. The molecule has 0 aliphatic rings. The Balaban J connectivity index is 1.35. The van der Waals surface area contributed by atoms with E-state index in [2.05, 4.69) is 65.8 Å². The van der Waals surface area contributed by atoms with E-state index < -0.39 is 67.0 Å². The number of phenols is 1. The number of phenolic OH excluding ortho intramolecular Hbond substituents is 1. The van der Waals surface area contributed by atoms with Crippen molar-refractivity contribution in [1.29, 1.82) is 0 Å². The maximum Gasteiger partial charge on any atom is 0.149 e. The van der Waals surface area contributed by atoms with Gasteiger partial charge in [-0.3, -0.25) is 9.55 Å². The summed E-state index contributed by atoms with van der Waals surface area (Å²) in [7, 11) is 0. The number of hydrogen-bond donors (Lipinski definition) is 1. The van der Waals surface area contributed by atoms with Crippen LogP contribution in [-0.2, 0) is 16.2 Å². The van der Waals surface area contributed by atoms with Gasteiger partial charge in [-0.1, -0.05) is 161 Å². The standard InChI is InChI=1S/C57H59N3O/c1-36(2)48-35-43(27-28-45(48)46-17-12-14-20-49(46)57(9,10)11)60-51-21-16-19-44(53(51)59-54(60)47-18-13-15-22-52(47)61)39-31-40(33-42(32-39)56(6,7)8)50-34-38(29-30-58-50)37-23-25-41(26-24-37)55(3,4)5/h12-36,61H,1-11H3/i3D3,4D3,5D3,23D,24D,25D,26D,36D. The zero-order chi connectivity index (χ0) is 55.3. The van der Waals surface area contributed by atoms with E-state index in [1.165, 1.54) is 12.3 Å². The zero-order valence-electron chi connectivity index (χ0n) is 49.8. The van der Waals surface area contributed by atoms with Crippen LogP contribution in [0.25, 0.3) is 72.7 Å². The number of aromatic hydroxyl groups is 1. The summed E-state index contributed by atoms with van der Waals surface area (Å²) in [5, 5.41) is 11.4. The molecule has 2 aromatic heterocycles. The molecule has 0 atom stereocenters. The number of fused-ring (bicyclic) bond motifs is 1. The zero-order valence-corrected chi connectivity index (χ0v) is 35.8. The molecule has 4 heteroatoms. The van der Waals surface area contributed by atoms with Crippen LogP contribution in [0, 0.1) is 0 Å². The number of imidazole rings is 1. The Labute approximate surface area is 382 Å². The monoisotopic (exact) mass is 816 g/mol. The minimum absolute atomic E-state index is 0.0258. The number of pyridine rings is 1. The molecular formula is C57H59N3O. The van der Waals surface area contributed by atoms with Gasteiger partial charge < -0.3 is 5.11 Å². The first-order chi connectivity index (χ1) is 34.6. The molecule has 0 unspecified atom stereocenters. The highest BCUT2D eigenvalue weighted by Crippen LogP contribution is 2.42. The van der Waals surface area contributed by atoms with E-state index in [9.17, 15) is 6.48 Å². The van der Waals surface area contributed by atoms with Crippen molar-refractivity contribution in [3.05, 3.63) is 168 Å². The first kappa shape index (κ1) is 27.6. The fourth-order valence-electron chi connectivity index (χ4n) is 7.88. The average Bonchev–Trinajstić information content (AvgIpc) is 3.70. The third kappa shape index (κ3) is 8.16. The molecule has 1 N–H and O–H groups in total. The Morgan fingerprint density at radius 1 is 0.607 bits per heavy atom. The van der Waals surface area contributed by atoms with Gasteiger partial charge in [0.25, 0.3) is 0 Å². The summed E-state index contributed by atoms with van der Waals surface area (Å²) < 4.78 is 122. The fraction of sp³-hybridized carbons (Fsp3) is 0.263. The lowest BCUT2D eigenvalue weighted by Crippen LogP contribution is -2.13. The third-order valence-electron chi connectivity index (χ3n) is 11.1. The summed E-state index contributed by atoms with van der Waals surface area (Å²) in [5.74, 6) is -0.542. The van der Waals surface area contributed by atoms with Crippen LogP contribution < -0.4 is 0 Å². The van der Waals surface area contributed by atoms with Crippen LogP contribution in [0.5, 0.6) is 5.75 Å². The van der Waals surface area contributed by atoms with Crippen molar-refractivity contribution in [2.75, 3.05) is 0 Å². The topological polar surface area (TPSA) is 50.9 Å². The van der Waals surface area contributed by atoms with Gasteiger partial charge in [0, 0.05) is 36.7 Å². The molecule has 8 aromatic rings. The van der Waals surface area contributed by atoms with Crippen molar-refractivity contribution in [2.45, 2.75) is 98.1 Å². The normalized spacial score (nSPS) is 16.5. The summed E-state index contributed by atoms with van der Waals surface area (Å²) >= 11 is 0. The van der Waals surface area contributed by atoms with Crippen molar-refractivity contribution >= 4 is 11.0 Å². The first-order valence-electron chi connectivity index (χ1n) is 27.4. The van der Waals surface area contributed by atoms with Crippen molar-refractivity contribution in [3.8, 4) is 67.5 Å². The quantitative estimate of drug-likeness (QED) is 0.174. The molecule has 0 fully saturated rings. The Morgan fingerprint density at radius 2 is 1.30 bits per heavy atom. The first-order valence-corrected chi connectivity index (χ1v) is 20.4. The molecule has 0 aliphatic carbocycles. The van der Waals surface area contributed by atoms with Crippen LogP contribution in [-0.4, -0.2) is 19.6 Å². The van der Waals surface area contributed by atoms with Crippen LogP contribution in [0.2, 0.25) is 0 Å². The smallest absolute Gasteiger partial charge is 0.149 e. The molecule has 0 bridgehead atoms. The summed E-state index contributed by atoms with van der Waals surface area (Å²) in [6.45, 7) is 5.02. The molecule has 0 spiro atoms. The van der Waals surface area contributed by atoms with Crippen molar-refractivity contribution in [1.82, 2.24) is 14.5 Å². The highest BCUT2D eigenvalue weighted by molar-refractivity contribution is 5.97. The highest BCUT2D eigenvalue weighted by Gasteiger charge is 2.25. The van der Waals surface area contributed by atoms with E-state index in [0.717, 1.165) is 50.1 Å². The van der Waals surface area contributed by atoms with E-state index in [1.807, 2.05) is 85.1 Å². The molecular weight excluding hydrogens is 743 g/mol. The highest BCUT2D eigenvalue weighted by atomic mass is 16.3. The molecule has 6 aromatic carbocycles. The molecule has 0 aliphatic heterocycles. The number of rotatable bonds is 7. The van der Waals surface area contributed by atoms with Crippen LogP contribution >= 0.6 is 0 Å². The second-order valence-corrected chi connectivity index (χ2v) is 18.0. The van der Waals surface area contributed by atoms with Crippen LogP contribution in [0.3, 0.4) is 0 Å². The summed E-state index contributed by atoms with van der Waals surface area (Å²) in [5.41, 5.74) is 4.03. The number of aromatic nitrogens is 3. The maximum absolute atomic E-state index is 11.4. The second kappa shape index (κ2) is 15.6. The molecule has 8 rings (SSSR count). The molecule has 4 nitrogen and oxygen atoms in total. The summed E-state index contributed by atoms with van der Waals surface area (Å²) in [4.78, 5) is 10.0. The van der Waals surface area contributed by atoms with E-state index in [0.29, 0.717) is 28.2 Å². The van der Waals surface area contributed by atoms with Gasteiger partial charge in [-0.15, -0.1) is 0 Å². The fourth-order valence-corrected chi connectivity index (χ4v) is 7.88. The van der Waals surface area contributed by atoms with Crippen molar-refractivity contribution in [3.63, 3.8) is 0 Å². The molecule has 0 amide bonds. The lowest BCUT2D eigenvalue weighted by Gasteiger charge is -2.25. The number of benzene rings is 6. The van der Waals surface area contributed by atoms with Gasteiger partial charge in [0.2, 0.25) is 0 Å². The van der Waals surface area contributed by atoms with Crippen molar-refractivity contribution in [2.24, 2.45) is 0 Å². The van der Waals surface area contributed by atoms with Crippen LogP contribution in [0.1, 0.15) is 123 Å². The predicted molar refractivity (Wildman–Crippen MR) is 258 cm³/mol. The lowest BCUT2D eigenvalue weighted by molar-refractivity contribution is 0.477. The Kier molecular flexibility index (Phi) is 7.07. The van der Waals surface area contributed by atoms with E-state index >= 15 is 0 Å². The lowest BCUT2D eigenvalue weighted by atomic mass is 9.80. The van der Waals surface area contributed by atoms with Gasteiger partial charge >= 0.3 is 0 Å². The van der Waals surface area contributed by atoms with E-state index in [-0.39, 0.29) is 22.3 Å². The van der Waals surface area contributed by atoms with Gasteiger partial charge in [0.1, 0.15) is 11.6 Å². The number of hydrogen-bond acceptors (Lipinski definition) is 3. The van der Waals surface area contributed by atoms with Crippen molar-refractivity contribution < 1.29 is 24.3 Å². The van der Waals surface area contributed by atoms with Crippen LogP contribution in [0.15, 0.2) is 146 Å². The maximum atomic E-state index is 11.4. The molecule has 0 saturated carbocycles. The van der Waals surface area contributed by atoms with E-state index in [1.54, 1.807) is 18.2 Å². The van der Waals surface area contributed by atoms with Gasteiger partial charge in [-0.05, 0) is 127 Å². The molecule has 308 valence electrons. The summed E-state index contributed by atoms with van der Waals surface area (Å²) in [6, 6.07) is 32.4. The number of para-hydroxylation sites is 2. The van der Waals surface area contributed by atoms with E-state index in [4.69, 9.17) is 27.8 Å². The molecule has 0 saturated heterocycles. The Bertz CT molecular complexity index is 3470. The molecule has 0 radical (unpaired) electrons. The predicted octanol–water partition coefficient (Wildman–Crippen LogP) is 15.5. The second-order valence-electron chi connectivity index (χ2n) is 18.0. The minimum atomic E-state index is -3.81. The minimum Gasteiger partial charge on any atom is -0.507 e. The largest absolute Gasteiger partial charge is 0.507 e. The van der Waals surface area contributed by atoms with Gasteiger partial charge in [-0.25, -0.2) is 4.98 Å². The van der Waals surface area contributed by atoms with Crippen LogP contribution in [0.4, 0.5) is 0 Å². The van der Waals surface area contributed by atoms with Gasteiger partial charge in [0.05, 0.1) is 27.8 Å². The average molecular weight is 816 g/mol. The van der Waals surface area contributed by atoms with Gasteiger partial charge in [-0.2, -0.15) is 0 Å². The SMILES string of the molecule is [2H]c1c([2H])c(C(C([2H])([2H])[2H])(C([2H])([2H])[2H])C([2H])([2H])[2H])c([2H])c([2H])c1-c1ccnc(-c2cc(-c3cccc4c3nc(-c3ccccc3O)n4-c3ccc(-c4ccccc4C(C)(C)C)c(C([2H])(C)C)c3)cc(C(C)(C)C)c2)c1. The Morgan fingerprint density at radius 3 is 1.98 bits per heavy atom. The third-order valence-corrected chi connectivity index (χ3v) is 11.1. The Hall–Kier alpha value is -6.26. The summed E-state index contributed by atoms with van der Waals surface area (Å²) in [6.07, 6.45) is 1.42. The number of nitrogens with zero attached hydrogens (tertiary/aromatic N) is 3. The van der Waals surface area contributed by atoms with Gasteiger partial charge in [0.15, 0.2) is 0 Å².